The van der Waals surface area contributed by atoms with Crippen LogP contribution in [-0.2, 0) is 17.9 Å². The van der Waals surface area contributed by atoms with Gasteiger partial charge in [0.2, 0.25) is 0 Å². The first kappa shape index (κ1) is 14.4. The molecule has 2 nitrogen and oxygen atoms in total. The molecular weight excluding hydrogens is 326 g/mol. The van der Waals surface area contributed by atoms with Crippen molar-refractivity contribution in [3.05, 3.63) is 63.1 Å². The molecule has 2 aromatic rings. The van der Waals surface area contributed by atoms with Gasteiger partial charge in [-0.05, 0) is 39.2 Å². The minimum absolute atomic E-state index is 0.620. The molecule has 0 atom stereocenters. The molecule has 2 aromatic carbocycles. The fourth-order valence-electron chi connectivity index (χ4n) is 1.86. The summed E-state index contributed by atoms with van der Waals surface area (Å²) in [6.07, 6.45) is 0. The van der Waals surface area contributed by atoms with Crippen LogP contribution in [-0.4, -0.2) is 7.11 Å². The second kappa shape index (κ2) is 6.94. The number of rotatable bonds is 5. The highest BCUT2D eigenvalue weighted by Gasteiger charge is 2.05. The summed E-state index contributed by atoms with van der Waals surface area (Å²) in [5.41, 5.74) is 3.39. The molecular formula is C15H15BrClNO. The van der Waals surface area contributed by atoms with Crippen molar-refractivity contribution < 1.29 is 4.74 Å². The summed E-state index contributed by atoms with van der Waals surface area (Å²) in [7, 11) is 1.71. The number of methoxy groups -OCH3 is 1. The number of benzene rings is 2. The van der Waals surface area contributed by atoms with Crippen LogP contribution in [0.15, 0.2) is 46.9 Å². The van der Waals surface area contributed by atoms with E-state index in [0.717, 1.165) is 16.7 Å². The first-order valence-corrected chi connectivity index (χ1v) is 7.13. The lowest BCUT2D eigenvalue weighted by Crippen LogP contribution is -2.04. The van der Waals surface area contributed by atoms with Gasteiger partial charge in [0.15, 0.2) is 0 Å². The van der Waals surface area contributed by atoms with Crippen molar-refractivity contribution in [3.8, 4) is 0 Å². The second-order valence-electron chi connectivity index (χ2n) is 4.16. The first-order valence-electron chi connectivity index (χ1n) is 5.96. The van der Waals surface area contributed by atoms with Crippen LogP contribution in [0.25, 0.3) is 0 Å². The summed E-state index contributed by atoms with van der Waals surface area (Å²) in [6, 6.07) is 14.0. The molecule has 0 fully saturated rings. The highest BCUT2D eigenvalue weighted by atomic mass is 79.9. The monoisotopic (exact) mass is 339 g/mol. The fraction of sp³-hybridized carbons (Fsp3) is 0.200. The largest absolute Gasteiger partial charge is 0.380 e. The molecule has 4 heteroatoms. The molecule has 19 heavy (non-hydrogen) atoms. The highest BCUT2D eigenvalue weighted by Crippen LogP contribution is 2.30. The van der Waals surface area contributed by atoms with Crippen LogP contribution in [0.4, 0.5) is 5.69 Å². The van der Waals surface area contributed by atoms with Gasteiger partial charge in [0.05, 0.1) is 21.8 Å². The molecule has 0 aliphatic rings. The van der Waals surface area contributed by atoms with E-state index in [1.165, 1.54) is 11.1 Å². The predicted octanol–water partition coefficient (Wildman–Crippen LogP) is 4.86. The summed E-state index contributed by atoms with van der Waals surface area (Å²) in [5, 5.41) is 4.09. The van der Waals surface area contributed by atoms with Crippen LogP contribution in [0.1, 0.15) is 11.1 Å². The van der Waals surface area contributed by atoms with Crippen molar-refractivity contribution in [3.63, 3.8) is 0 Å². The second-order valence-corrected chi connectivity index (χ2v) is 5.36. The number of hydrogen-bond acceptors (Lipinski definition) is 2. The molecule has 0 saturated carbocycles. The first-order chi connectivity index (χ1) is 9.22. The molecule has 0 saturated heterocycles. The predicted molar refractivity (Wildman–Crippen MR) is 83.6 cm³/mol. The van der Waals surface area contributed by atoms with E-state index in [-0.39, 0.29) is 0 Å². The lowest BCUT2D eigenvalue weighted by atomic mass is 10.1. The Balaban J connectivity index is 2.12. The van der Waals surface area contributed by atoms with E-state index in [0.29, 0.717) is 11.6 Å². The Morgan fingerprint density at radius 3 is 2.58 bits per heavy atom. The van der Waals surface area contributed by atoms with Crippen molar-refractivity contribution >= 4 is 33.2 Å². The summed E-state index contributed by atoms with van der Waals surface area (Å²) in [6.45, 7) is 1.35. The summed E-state index contributed by atoms with van der Waals surface area (Å²) in [5.74, 6) is 0. The molecule has 2 rings (SSSR count). The van der Waals surface area contributed by atoms with Crippen LogP contribution < -0.4 is 5.32 Å². The Morgan fingerprint density at radius 1 is 1.11 bits per heavy atom. The summed E-state index contributed by atoms with van der Waals surface area (Å²) < 4.78 is 6.09. The SMILES string of the molecule is COCc1ccccc1CNc1cccc(Cl)c1Br. The fourth-order valence-corrected chi connectivity index (χ4v) is 2.44. The standard InChI is InChI=1S/C15H15BrClNO/c1-19-10-12-6-3-2-5-11(12)9-18-14-8-4-7-13(17)15(14)16/h2-8,18H,9-10H2,1H3. The van der Waals surface area contributed by atoms with Crippen molar-refractivity contribution in [2.24, 2.45) is 0 Å². The molecule has 0 spiro atoms. The number of hydrogen-bond donors (Lipinski definition) is 1. The smallest absolute Gasteiger partial charge is 0.0716 e. The molecule has 0 aliphatic heterocycles. The van der Waals surface area contributed by atoms with E-state index in [1.807, 2.05) is 30.3 Å². The normalized spacial score (nSPS) is 10.5. The number of ether oxygens (including phenoxy) is 1. The van der Waals surface area contributed by atoms with Crippen molar-refractivity contribution in [1.82, 2.24) is 0 Å². The van der Waals surface area contributed by atoms with Crippen LogP contribution in [0, 0.1) is 0 Å². The Morgan fingerprint density at radius 2 is 1.84 bits per heavy atom. The molecule has 100 valence electrons. The van der Waals surface area contributed by atoms with Gasteiger partial charge in [-0.15, -0.1) is 0 Å². The summed E-state index contributed by atoms with van der Waals surface area (Å²) in [4.78, 5) is 0. The number of halogens is 2. The van der Waals surface area contributed by atoms with Gasteiger partial charge in [-0.1, -0.05) is 41.9 Å². The van der Waals surface area contributed by atoms with E-state index in [1.54, 1.807) is 7.11 Å². The third-order valence-corrected chi connectivity index (χ3v) is 4.24. The van der Waals surface area contributed by atoms with Crippen LogP contribution >= 0.6 is 27.5 Å². The van der Waals surface area contributed by atoms with E-state index in [9.17, 15) is 0 Å². The lowest BCUT2D eigenvalue weighted by Gasteiger charge is -2.12. The van der Waals surface area contributed by atoms with Crippen LogP contribution in [0.2, 0.25) is 5.02 Å². The van der Waals surface area contributed by atoms with Gasteiger partial charge in [0.1, 0.15) is 0 Å². The third-order valence-electron chi connectivity index (χ3n) is 2.84. The van der Waals surface area contributed by atoms with Crippen molar-refractivity contribution in [2.45, 2.75) is 13.2 Å². The lowest BCUT2D eigenvalue weighted by molar-refractivity contribution is 0.184. The zero-order valence-corrected chi connectivity index (χ0v) is 13.0. The van der Waals surface area contributed by atoms with E-state index >= 15 is 0 Å². The number of anilines is 1. The van der Waals surface area contributed by atoms with Gasteiger partial charge in [-0.3, -0.25) is 0 Å². The quantitative estimate of drug-likeness (QED) is 0.839. The van der Waals surface area contributed by atoms with Crippen molar-refractivity contribution in [1.29, 1.82) is 0 Å². The molecule has 0 amide bonds. The average molecular weight is 341 g/mol. The highest BCUT2D eigenvalue weighted by molar-refractivity contribution is 9.10. The molecule has 0 bridgehead atoms. The Labute approximate surface area is 126 Å². The van der Waals surface area contributed by atoms with E-state index in [4.69, 9.17) is 16.3 Å². The van der Waals surface area contributed by atoms with E-state index in [2.05, 4.69) is 33.4 Å². The Hall–Kier alpha value is -1.03. The third kappa shape index (κ3) is 3.72. The maximum atomic E-state index is 6.07. The molecule has 0 unspecified atom stereocenters. The average Bonchev–Trinajstić information content (AvgIpc) is 2.42. The maximum absolute atomic E-state index is 6.07. The van der Waals surface area contributed by atoms with Gasteiger partial charge in [0.25, 0.3) is 0 Å². The number of nitrogens with one attached hydrogen (secondary N) is 1. The molecule has 0 heterocycles. The van der Waals surface area contributed by atoms with Crippen molar-refractivity contribution in [2.75, 3.05) is 12.4 Å². The summed E-state index contributed by atoms with van der Waals surface area (Å²) >= 11 is 9.55. The molecule has 0 radical (unpaired) electrons. The van der Waals surface area contributed by atoms with E-state index < -0.39 is 0 Å². The Kier molecular flexibility index (Phi) is 5.25. The molecule has 0 aliphatic carbocycles. The van der Waals surface area contributed by atoms with Gasteiger partial charge in [-0.25, -0.2) is 0 Å². The zero-order valence-electron chi connectivity index (χ0n) is 10.6. The maximum Gasteiger partial charge on any atom is 0.0716 e. The zero-order chi connectivity index (χ0) is 13.7. The van der Waals surface area contributed by atoms with Gasteiger partial charge < -0.3 is 10.1 Å². The topological polar surface area (TPSA) is 21.3 Å². The Bertz CT molecular complexity index is 560. The molecule has 0 aromatic heterocycles. The van der Waals surface area contributed by atoms with Crippen LogP contribution in [0.3, 0.4) is 0 Å². The molecule has 1 N–H and O–H groups in total. The minimum Gasteiger partial charge on any atom is -0.380 e. The minimum atomic E-state index is 0.620. The van der Waals surface area contributed by atoms with Gasteiger partial charge in [-0.2, -0.15) is 0 Å². The van der Waals surface area contributed by atoms with Gasteiger partial charge >= 0.3 is 0 Å². The van der Waals surface area contributed by atoms with Gasteiger partial charge in [0, 0.05) is 13.7 Å². The van der Waals surface area contributed by atoms with Crippen LogP contribution in [0.5, 0.6) is 0 Å².